The van der Waals surface area contributed by atoms with Crippen LogP contribution >= 0.6 is 11.6 Å². The Morgan fingerprint density at radius 2 is 1.73 bits per heavy atom. The van der Waals surface area contributed by atoms with Crippen LogP contribution in [-0.4, -0.2) is 38.2 Å². The number of nitro groups is 1. The van der Waals surface area contributed by atoms with E-state index in [1.165, 1.54) is 24.3 Å². The van der Waals surface area contributed by atoms with Crippen LogP contribution in [0.3, 0.4) is 0 Å². The molecule has 1 heterocycles. The number of hydrogen-bond donors (Lipinski definition) is 1. The average Bonchev–Trinajstić information content (AvgIpc) is 2.67. The normalized spacial score (nSPS) is 11.8. The van der Waals surface area contributed by atoms with Gasteiger partial charge in [-0.05, 0) is 30.3 Å². The van der Waals surface area contributed by atoms with Gasteiger partial charge >= 0.3 is 0 Å². The molecular formula is C17H13ClN4O6S2. The van der Waals surface area contributed by atoms with Crippen molar-refractivity contribution in [2.24, 2.45) is 0 Å². The Balaban J connectivity index is 1.93. The second kappa shape index (κ2) is 7.97. The second-order valence-corrected chi connectivity index (χ2v) is 10.1. The molecule has 0 spiro atoms. The molecule has 0 aliphatic carbocycles. The number of nitro benzene ring substituents is 1. The quantitative estimate of drug-likeness (QED) is 0.428. The third-order valence-corrected chi connectivity index (χ3v) is 6.69. The van der Waals surface area contributed by atoms with E-state index >= 15 is 0 Å². The van der Waals surface area contributed by atoms with Crippen molar-refractivity contribution in [2.45, 2.75) is 9.92 Å². The fourth-order valence-corrected chi connectivity index (χ4v) is 4.51. The molecule has 0 radical (unpaired) electrons. The molecule has 3 aromatic rings. The zero-order chi connectivity index (χ0) is 22.1. The summed E-state index contributed by atoms with van der Waals surface area (Å²) < 4.78 is 50.7. The van der Waals surface area contributed by atoms with Gasteiger partial charge in [0.2, 0.25) is 0 Å². The highest BCUT2D eigenvalue weighted by Gasteiger charge is 2.22. The molecule has 30 heavy (non-hydrogen) atoms. The van der Waals surface area contributed by atoms with Crippen LogP contribution in [0.2, 0.25) is 5.02 Å². The predicted octanol–water partition coefficient (Wildman–Crippen LogP) is 2.91. The van der Waals surface area contributed by atoms with Gasteiger partial charge in [0.05, 0.1) is 15.6 Å². The van der Waals surface area contributed by atoms with E-state index in [-0.39, 0.29) is 15.7 Å². The summed E-state index contributed by atoms with van der Waals surface area (Å²) in [6.45, 7) is 0. The Labute approximate surface area is 176 Å². The second-order valence-electron chi connectivity index (χ2n) is 6.09. The zero-order valence-corrected chi connectivity index (χ0v) is 17.6. The van der Waals surface area contributed by atoms with E-state index in [0.29, 0.717) is 11.3 Å². The summed E-state index contributed by atoms with van der Waals surface area (Å²) in [5.41, 5.74) is 0.503. The molecule has 156 valence electrons. The van der Waals surface area contributed by atoms with Crippen molar-refractivity contribution in [3.05, 3.63) is 69.7 Å². The molecule has 1 aromatic heterocycles. The summed E-state index contributed by atoms with van der Waals surface area (Å²) in [5.74, 6) is 0. The molecule has 0 aliphatic heterocycles. The number of sulfonamides is 1. The number of sulfone groups is 1. The Morgan fingerprint density at radius 1 is 1.00 bits per heavy atom. The topological polar surface area (TPSA) is 149 Å². The van der Waals surface area contributed by atoms with Gasteiger partial charge < -0.3 is 0 Å². The van der Waals surface area contributed by atoms with Crippen molar-refractivity contribution in [3.63, 3.8) is 0 Å². The molecule has 0 amide bonds. The molecule has 0 unspecified atom stereocenters. The molecule has 0 bridgehead atoms. The third kappa shape index (κ3) is 4.72. The maximum Gasteiger partial charge on any atom is 0.270 e. The van der Waals surface area contributed by atoms with Gasteiger partial charge in [0.15, 0.2) is 14.9 Å². The van der Waals surface area contributed by atoms with Crippen LogP contribution in [0.15, 0.2) is 64.5 Å². The first-order chi connectivity index (χ1) is 14.0. The van der Waals surface area contributed by atoms with Crippen LogP contribution in [0, 0.1) is 10.1 Å². The first kappa shape index (κ1) is 21.6. The van der Waals surface area contributed by atoms with Gasteiger partial charge in [-0.3, -0.25) is 14.8 Å². The molecule has 0 saturated carbocycles. The standard InChI is InChI=1S/C17H13ClN4O6S2/c1-29(25,26)17-8-7-15(19-20-17)11-3-2-4-12(9-11)21-30(27,28)16-10-13(22(23)24)5-6-14(16)18/h2-10,21H,1H3. The van der Waals surface area contributed by atoms with E-state index in [9.17, 15) is 26.9 Å². The monoisotopic (exact) mass is 468 g/mol. The van der Waals surface area contributed by atoms with Crippen LogP contribution < -0.4 is 4.72 Å². The number of rotatable bonds is 6. The first-order valence-electron chi connectivity index (χ1n) is 8.08. The first-order valence-corrected chi connectivity index (χ1v) is 11.8. The molecule has 13 heteroatoms. The molecule has 10 nitrogen and oxygen atoms in total. The Morgan fingerprint density at radius 3 is 2.33 bits per heavy atom. The lowest BCUT2D eigenvalue weighted by atomic mass is 10.1. The van der Waals surface area contributed by atoms with Gasteiger partial charge in [0, 0.05) is 29.6 Å². The van der Waals surface area contributed by atoms with Gasteiger partial charge in [0.1, 0.15) is 4.90 Å². The number of nitrogens with zero attached hydrogens (tertiary/aromatic N) is 3. The Kier molecular flexibility index (Phi) is 5.74. The highest BCUT2D eigenvalue weighted by atomic mass is 35.5. The summed E-state index contributed by atoms with van der Waals surface area (Å²) in [4.78, 5) is 9.76. The summed E-state index contributed by atoms with van der Waals surface area (Å²) in [6.07, 6.45) is 1.01. The fraction of sp³-hybridized carbons (Fsp3) is 0.0588. The van der Waals surface area contributed by atoms with Gasteiger partial charge in [-0.25, -0.2) is 16.8 Å². The lowest BCUT2D eigenvalue weighted by Crippen LogP contribution is -2.14. The van der Waals surface area contributed by atoms with E-state index in [1.54, 1.807) is 12.1 Å². The zero-order valence-electron chi connectivity index (χ0n) is 15.2. The number of halogens is 1. The minimum absolute atomic E-state index is 0.143. The molecule has 0 aliphatic rings. The van der Waals surface area contributed by atoms with E-state index in [4.69, 9.17) is 11.6 Å². The maximum atomic E-state index is 12.7. The molecule has 1 N–H and O–H groups in total. The lowest BCUT2D eigenvalue weighted by Gasteiger charge is -2.10. The lowest BCUT2D eigenvalue weighted by molar-refractivity contribution is -0.385. The van der Waals surface area contributed by atoms with Gasteiger partial charge in [-0.2, -0.15) is 0 Å². The highest BCUT2D eigenvalue weighted by molar-refractivity contribution is 7.92. The van der Waals surface area contributed by atoms with Crippen molar-refractivity contribution >= 4 is 42.8 Å². The Bertz CT molecular complexity index is 1340. The number of non-ortho nitro benzene ring substituents is 1. The number of nitrogens with one attached hydrogen (secondary N) is 1. The molecule has 3 rings (SSSR count). The van der Waals surface area contributed by atoms with Crippen molar-refractivity contribution in [2.75, 3.05) is 11.0 Å². The fourth-order valence-electron chi connectivity index (χ4n) is 2.44. The van der Waals surface area contributed by atoms with Gasteiger partial charge in [0.25, 0.3) is 15.7 Å². The summed E-state index contributed by atoms with van der Waals surface area (Å²) in [6, 6.07) is 11.9. The molecule has 0 fully saturated rings. The summed E-state index contributed by atoms with van der Waals surface area (Å²) >= 11 is 5.92. The molecule has 0 saturated heterocycles. The van der Waals surface area contributed by atoms with Crippen LogP contribution in [0.5, 0.6) is 0 Å². The number of anilines is 1. The van der Waals surface area contributed by atoms with Crippen molar-refractivity contribution in [1.82, 2.24) is 10.2 Å². The van der Waals surface area contributed by atoms with Crippen LogP contribution in [-0.2, 0) is 19.9 Å². The SMILES string of the molecule is CS(=O)(=O)c1ccc(-c2cccc(NS(=O)(=O)c3cc([N+](=O)[O-])ccc3Cl)c2)nn1. The average molecular weight is 469 g/mol. The van der Waals surface area contributed by atoms with Crippen molar-refractivity contribution < 1.29 is 21.8 Å². The largest absolute Gasteiger partial charge is 0.280 e. The van der Waals surface area contributed by atoms with E-state index in [0.717, 1.165) is 24.5 Å². The van der Waals surface area contributed by atoms with E-state index in [1.807, 2.05) is 0 Å². The summed E-state index contributed by atoms with van der Waals surface area (Å²) in [7, 11) is -7.73. The van der Waals surface area contributed by atoms with Crippen LogP contribution in [0.1, 0.15) is 0 Å². The number of aromatic nitrogens is 2. The van der Waals surface area contributed by atoms with Crippen molar-refractivity contribution in [1.29, 1.82) is 0 Å². The molecule has 0 atom stereocenters. The Hall–Kier alpha value is -3.09. The molecule has 2 aromatic carbocycles. The van der Waals surface area contributed by atoms with Crippen molar-refractivity contribution in [3.8, 4) is 11.3 Å². The minimum Gasteiger partial charge on any atom is -0.280 e. The highest BCUT2D eigenvalue weighted by Crippen LogP contribution is 2.29. The van der Waals surface area contributed by atoms with Crippen LogP contribution in [0.4, 0.5) is 11.4 Å². The minimum atomic E-state index is -4.23. The van der Waals surface area contributed by atoms with E-state index < -0.39 is 35.4 Å². The van der Waals surface area contributed by atoms with Crippen LogP contribution in [0.25, 0.3) is 11.3 Å². The maximum absolute atomic E-state index is 12.7. The smallest absolute Gasteiger partial charge is 0.270 e. The number of hydrogen-bond acceptors (Lipinski definition) is 8. The van der Waals surface area contributed by atoms with Gasteiger partial charge in [-0.1, -0.05) is 23.7 Å². The predicted molar refractivity (Wildman–Crippen MR) is 109 cm³/mol. The van der Waals surface area contributed by atoms with Gasteiger partial charge in [-0.15, -0.1) is 10.2 Å². The summed E-state index contributed by atoms with van der Waals surface area (Å²) in [5, 5.41) is 18.1. The third-order valence-electron chi connectivity index (χ3n) is 3.85. The molecular weight excluding hydrogens is 456 g/mol. The number of benzene rings is 2. The van der Waals surface area contributed by atoms with E-state index in [2.05, 4.69) is 14.9 Å².